The highest BCUT2D eigenvalue weighted by Gasteiger charge is 2.34. The van der Waals surface area contributed by atoms with Crippen molar-refractivity contribution in [3.63, 3.8) is 0 Å². The second-order valence-corrected chi connectivity index (χ2v) is 5.64. The number of β-amino-alcohol motifs (C(OH)–C–C–N with tert-alkyl or cyclic N) is 1. The first-order valence-corrected chi connectivity index (χ1v) is 7.29. The van der Waals surface area contributed by atoms with Crippen LogP contribution in [0.3, 0.4) is 0 Å². The molecule has 2 N–H and O–H groups in total. The highest BCUT2D eigenvalue weighted by atomic mass is 16.3. The summed E-state index contributed by atoms with van der Waals surface area (Å²) in [4.78, 5) is 18.1. The van der Waals surface area contributed by atoms with Crippen LogP contribution in [0.15, 0.2) is 48.8 Å². The molecule has 0 saturated carbocycles. The van der Waals surface area contributed by atoms with Crippen LogP contribution in [0, 0.1) is 5.92 Å². The molecule has 1 aromatic heterocycles. The van der Waals surface area contributed by atoms with Gasteiger partial charge in [-0.2, -0.15) is 0 Å². The van der Waals surface area contributed by atoms with E-state index in [1.165, 1.54) is 12.1 Å². The summed E-state index contributed by atoms with van der Waals surface area (Å²) in [5, 5.41) is 19.5. The first-order chi connectivity index (χ1) is 10.6. The number of nitrogens with zero attached hydrogens (tertiary/aromatic N) is 2. The molecule has 1 aliphatic rings. The van der Waals surface area contributed by atoms with E-state index in [4.69, 9.17) is 0 Å². The molecular formula is C17H18N2O3. The fourth-order valence-corrected chi connectivity index (χ4v) is 2.83. The summed E-state index contributed by atoms with van der Waals surface area (Å²) >= 11 is 0. The first kappa shape index (κ1) is 14.5. The van der Waals surface area contributed by atoms with E-state index in [1.54, 1.807) is 29.4 Å². The largest absolute Gasteiger partial charge is 0.508 e. The number of phenols is 1. The highest BCUT2D eigenvalue weighted by molar-refractivity contribution is 5.94. The fraction of sp³-hybridized carbons (Fsp3) is 0.294. The topological polar surface area (TPSA) is 73.7 Å². The van der Waals surface area contributed by atoms with Gasteiger partial charge in [-0.15, -0.1) is 0 Å². The van der Waals surface area contributed by atoms with E-state index >= 15 is 0 Å². The second-order valence-electron chi connectivity index (χ2n) is 5.64. The number of hydrogen-bond donors (Lipinski definition) is 2. The Labute approximate surface area is 128 Å². The summed E-state index contributed by atoms with van der Waals surface area (Å²) in [5.74, 6) is 0.0494. The lowest BCUT2D eigenvalue weighted by Gasteiger charge is -2.16. The van der Waals surface area contributed by atoms with Gasteiger partial charge in [-0.1, -0.05) is 0 Å². The average Bonchev–Trinajstić information content (AvgIpc) is 2.89. The Morgan fingerprint density at radius 2 is 1.82 bits per heavy atom. The third-order valence-corrected chi connectivity index (χ3v) is 4.06. The highest BCUT2D eigenvalue weighted by Crippen LogP contribution is 2.23. The van der Waals surface area contributed by atoms with Gasteiger partial charge in [0.25, 0.3) is 5.91 Å². The lowest BCUT2D eigenvalue weighted by Crippen LogP contribution is -2.29. The average molecular weight is 298 g/mol. The number of hydrogen-bond acceptors (Lipinski definition) is 4. The molecule has 0 unspecified atom stereocenters. The number of aliphatic hydroxyl groups excluding tert-OH is 1. The maximum atomic E-state index is 12.4. The Morgan fingerprint density at radius 3 is 2.50 bits per heavy atom. The van der Waals surface area contributed by atoms with Crippen molar-refractivity contribution in [3.8, 4) is 5.75 Å². The molecule has 2 atom stereocenters. The Morgan fingerprint density at radius 1 is 1.14 bits per heavy atom. The molecule has 1 amide bonds. The van der Waals surface area contributed by atoms with E-state index < -0.39 is 6.10 Å². The number of likely N-dealkylation sites (tertiary alicyclic amines) is 1. The minimum atomic E-state index is -0.519. The lowest BCUT2D eigenvalue weighted by atomic mass is 9.97. The maximum absolute atomic E-state index is 12.4. The molecule has 0 bridgehead atoms. The van der Waals surface area contributed by atoms with Gasteiger partial charge in [-0.25, -0.2) is 0 Å². The van der Waals surface area contributed by atoms with E-state index in [0.717, 1.165) is 12.0 Å². The van der Waals surface area contributed by atoms with Crippen LogP contribution >= 0.6 is 0 Å². The summed E-state index contributed by atoms with van der Waals surface area (Å²) in [7, 11) is 0. The molecule has 0 spiro atoms. The number of aromatic hydroxyl groups is 1. The van der Waals surface area contributed by atoms with Gasteiger partial charge in [0.2, 0.25) is 0 Å². The Balaban J connectivity index is 1.67. The fourth-order valence-electron chi connectivity index (χ4n) is 2.83. The summed E-state index contributed by atoms with van der Waals surface area (Å²) in [6, 6.07) is 10.0. The van der Waals surface area contributed by atoms with Crippen molar-refractivity contribution in [2.24, 2.45) is 5.92 Å². The summed E-state index contributed by atoms with van der Waals surface area (Å²) < 4.78 is 0. The van der Waals surface area contributed by atoms with Crippen LogP contribution in [0.5, 0.6) is 5.75 Å². The SMILES string of the molecule is O=C(c1ccc(O)cc1)N1C[C@@H](Cc2ccncc2)[C@@H](O)C1. The van der Waals surface area contributed by atoms with Crippen molar-refractivity contribution < 1.29 is 15.0 Å². The van der Waals surface area contributed by atoms with Crippen LogP contribution in [0.25, 0.3) is 0 Å². The van der Waals surface area contributed by atoms with E-state index in [0.29, 0.717) is 18.7 Å². The standard InChI is InChI=1S/C17H18N2O3/c20-15-3-1-13(2-4-15)17(22)19-10-14(16(21)11-19)9-12-5-7-18-8-6-12/h1-8,14,16,20-21H,9-11H2/t14-,16+/m1/s1. The molecule has 0 aliphatic carbocycles. The number of benzene rings is 1. The molecule has 5 nitrogen and oxygen atoms in total. The van der Waals surface area contributed by atoms with Crippen LogP contribution < -0.4 is 0 Å². The van der Waals surface area contributed by atoms with Gasteiger partial charge in [0, 0.05) is 37.0 Å². The molecule has 1 aliphatic heterocycles. The lowest BCUT2D eigenvalue weighted by molar-refractivity contribution is 0.0764. The van der Waals surface area contributed by atoms with Gasteiger partial charge < -0.3 is 15.1 Å². The number of rotatable bonds is 3. The van der Waals surface area contributed by atoms with E-state index in [9.17, 15) is 15.0 Å². The maximum Gasteiger partial charge on any atom is 0.253 e. The third-order valence-electron chi connectivity index (χ3n) is 4.06. The van der Waals surface area contributed by atoms with Gasteiger partial charge >= 0.3 is 0 Å². The number of phenolic OH excluding ortho intramolecular Hbond substituents is 1. The van der Waals surface area contributed by atoms with Crippen LogP contribution in [0.2, 0.25) is 0 Å². The van der Waals surface area contributed by atoms with Gasteiger partial charge in [0.05, 0.1) is 6.10 Å². The smallest absolute Gasteiger partial charge is 0.253 e. The van der Waals surface area contributed by atoms with Crippen molar-refractivity contribution in [1.82, 2.24) is 9.88 Å². The quantitative estimate of drug-likeness (QED) is 0.900. The molecule has 114 valence electrons. The monoisotopic (exact) mass is 298 g/mol. The molecular weight excluding hydrogens is 280 g/mol. The molecule has 1 aromatic carbocycles. The number of aliphatic hydroxyl groups is 1. The van der Waals surface area contributed by atoms with Crippen molar-refractivity contribution in [2.45, 2.75) is 12.5 Å². The molecule has 1 fully saturated rings. The minimum Gasteiger partial charge on any atom is -0.508 e. The Kier molecular flexibility index (Phi) is 4.06. The summed E-state index contributed by atoms with van der Waals surface area (Å²) in [6.45, 7) is 0.874. The van der Waals surface area contributed by atoms with Gasteiger partial charge in [-0.3, -0.25) is 9.78 Å². The van der Waals surface area contributed by atoms with Crippen LogP contribution in [-0.2, 0) is 6.42 Å². The van der Waals surface area contributed by atoms with Crippen LogP contribution in [0.1, 0.15) is 15.9 Å². The number of carbonyl (C=O) groups excluding carboxylic acids is 1. The Hall–Kier alpha value is -2.40. The molecule has 2 aromatic rings. The third kappa shape index (κ3) is 3.09. The zero-order valence-corrected chi connectivity index (χ0v) is 12.1. The molecule has 2 heterocycles. The summed E-state index contributed by atoms with van der Waals surface area (Å²) in [6.07, 6.45) is 3.67. The molecule has 5 heteroatoms. The predicted octanol–water partition coefficient (Wildman–Crippen LogP) is 1.46. The zero-order chi connectivity index (χ0) is 15.5. The van der Waals surface area contributed by atoms with Crippen LogP contribution in [-0.4, -0.2) is 45.2 Å². The molecule has 1 saturated heterocycles. The van der Waals surface area contributed by atoms with E-state index in [1.807, 2.05) is 12.1 Å². The van der Waals surface area contributed by atoms with Crippen molar-refractivity contribution in [1.29, 1.82) is 0 Å². The first-order valence-electron chi connectivity index (χ1n) is 7.29. The van der Waals surface area contributed by atoms with E-state index in [-0.39, 0.29) is 17.6 Å². The number of pyridine rings is 1. The van der Waals surface area contributed by atoms with Crippen molar-refractivity contribution >= 4 is 5.91 Å². The van der Waals surface area contributed by atoms with Gasteiger partial charge in [0.15, 0.2) is 0 Å². The minimum absolute atomic E-state index is 0.0310. The number of aromatic nitrogens is 1. The molecule has 0 radical (unpaired) electrons. The molecule has 22 heavy (non-hydrogen) atoms. The van der Waals surface area contributed by atoms with Gasteiger partial charge in [0.1, 0.15) is 5.75 Å². The predicted molar refractivity (Wildman–Crippen MR) is 81.4 cm³/mol. The molecule has 3 rings (SSSR count). The van der Waals surface area contributed by atoms with Gasteiger partial charge in [-0.05, 0) is 48.4 Å². The normalized spacial score (nSPS) is 21.0. The van der Waals surface area contributed by atoms with Crippen molar-refractivity contribution in [2.75, 3.05) is 13.1 Å². The van der Waals surface area contributed by atoms with E-state index in [2.05, 4.69) is 4.98 Å². The van der Waals surface area contributed by atoms with Crippen molar-refractivity contribution in [3.05, 3.63) is 59.9 Å². The number of carbonyl (C=O) groups is 1. The Bertz CT molecular complexity index is 643. The van der Waals surface area contributed by atoms with Crippen LogP contribution in [0.4, 0.5) is 0 Å². The number of amides is 1. The summed E-state index contributed by atoms with van der Waals surface area (Å²) in [5.41, 5.74) is 1.63. The zero-order valence-electron chi connectivity index (χ0n) is 12.1. The second kappa shape index (κ2) is 6.15.